The zero-order valence-electron chi connectivity index (χ0n) is 23.9. The van der Waals surface area contributed by atoms with Crippen molar-refractivity contribution in [2.45, 2.75) is 5.41 Å². The smallest absolute Gasteiger partial charge is 0.161 e. The van der Waals surface area contributed by atoms with Crippen LogP contribution < -0.4 is 19.3 Å². The number of nitriles is 1. The van der Waals surface area contributed by atoms with E-state index in [0.29, 0.717) is 64.4 Å². The highest BCUT2D eigenvalue weighted by Crippen LogP contribution is 2.43. The predicted octanol–water partition coefficient (Wildman–Crippen LogP) is 4.50. The molecule has 40 heavy (non-hydrogen) atoms. The molecule has 0 aromatic heterocycles. The van der Waals surface area contributed by atoms with Gasteiger partial charge in [0.1, 0.15) is 18.6 Å². The molecule has 0 unspecified atom stereocenters. The third-order valence-electron chi connectivity index (χ3n) is 6.89. The lowest BCUT2D eigenvalue weighted by Crippen LogP contribution is -2.28. The average molecular weight is 546 g/mol. The van der Waals surface area contributed by atoms with Gasteiger partial charge >= 0.3 is 0 Å². The SMILES string of the molecule is CN(C)c1ccc(C(C#N)(c2ccc(N(C)C)cc2)c2ccc3c(c2)OCCOCCOCCOCCO3)cc1. The molecule has 1 heterocycles. The van der Waals surface area contributed by atoms with Crippen LogP contribution >= 0.6 is 0 Å². The van der Waals surface area contributed by atoms with Gasteiger partial charge in [0.2, 0.25) is 0 Å². The van der Waals surface area contributed by atoms with Crippen LogP contribution in [0.4, 0.5) is 11.4 Å². The molecule has 0 radical (unpaired) electrons. The number of benzene rings is 3. The highest BCUT2D eigenvalue weighted by Gasteiger charge is 2.37. The number of anilines is 2. The van der Waals surface area contributed by atoms with E-state index in [1.165, 1.54) is 0 Å². The number of hydrogen-bond donors (Lipinski definition) is 0. The van der Waals surface area contributed by atoms with E-state index < -0.39 is 5.41 Å². The van der Waals surface area contributed by atoms with Crippen LogP contribution in [0, 0.1) is 11.3 Å². The van der Waals surface area contributed by atoms with Crippen molar-refractivity contribution in [3.63, 3.8) is 0 Å². The summed E-state index contributed by atoms with van der Waals surface area (Å²) in [7, 11) is 8.00. The molecule has 8 nitrogen and oxygen atoms in total. The third kappa shape index (κ3) is 6.86. The molecule has 0 fully saturated rings. The van der Waals surface area contributed by atoms with Crippen LogP contribution in [0.5, 0.6) is 11.5 Å². The Morgan fingerprint density at radius 1 is 0.550 bits per heavy atom. The number of fused-ring (bicyclic) bond motifs is 1. The fourth-order valence-corrected chi connectivity index (χ4v) is 4.65. The maximum atomic E-state index is 10.9. The molecule has 3 aromatic rings. The van der Waals surface area contributed by atoms with Crippen LogP contribution in [0.25, 0.3) is 0 Å². The highest BCUT2D eigenvalue weighted by atomic mass is 16.6. The Hall–Kier alpha value is -3.77. The van der Waals surface area contributed by atoms with Crippen molar-refractivity contribution in [2.75, 3.05) is 90.8 Å². The zero-order chi connectivity index (χ0) is 28.4. The van der Waals surface area contributed by atoms with Gasteiger partial charge in [-0.2, -0.15) is 5.26 Å². The van der Waals surface area contributed by atoms with E-state index in [9.17, 15) is 5.26 Å². The maximum absolute atomic E-state index is 10.9. The molecule has 0 amide bonds. The van der Waals surface area contributed by atoms with Crippen molar-refractivity contribution in [2.24, 2.45) is 0 Å². The molecule has 0 atom stereocenters. The van der Waals surface area contributed by atoms with E-state index in [2.05, 4.69) is 6.07 Å². The van der Waals surface area contributed by atoms with Crippen molar-refractivity contribution in [3.05, 3.63) is 83.4 Å². The standard InChI is InChI=1S/C32H39N3O5/c1-34(2)28-10-5-25(6-11-28)32(24-33,26-7-12-29(13-8-26)35(3)4)27-9-14-30-31(23-27)40-22-20-38-18-16-36-15-17-37-19-21-39-30/h5-14,23H,15-22H2,1-4H3. The van der Waals surface area contributed by atoms with E-state index in [-0.39, 0.29) is 0 Å². The number of nitrogens with zero attached hydrogens (tertiary/aromatic N) is 3. The topological polar surface area (TPSA) is 76.4 Å². The lowest BCUT2D eigenvalue weighted by molar-refractivity contribution is 0.00708. The molecule has 0 saturated heterocycles. The summed E-state index contributed by atoms with van der Waals surface area (Å²) in [5.74, 6) is 1.15. The van der Waals surface area contributed by atoms with Gasteiger partial charge in [-0.3, -0.25) is 0 Å². The van der Waals surface area contributed by atoms with Crippen LogP contribution in [0.1, 0.15) is 16.7 Å². The van der Waals surface area contributed by atoms with Crippen LogP contribution in [-0.2, 0) is 19.6 Å². The fourth-order valence-electron chi connectivity index (χ4n) is 4.65. The molecule has 212 valence electrons. The minimum absolute atomic E-state index is 0.338. The molecule has 8 heteroatoms. The van der Waals surface area contributed by atoms with E-state index >= 15 is 0 Å². The molecule has 4 rings (SSSR count). The minimum Gasteiger partial charge on any atom is -0.487 e. The van der Waals surface area contributed by atoms with Crippen LogP contribution in [0.2, 0.25) is 0 Å². The van der Waals surface area contributed by atoms with Crippen LogP contribution in [0.15, 0.2) is 66.7 Å². The molecular weight excluding hydrogens is 506 g/mol. The summed E-state index contributed by atoms with van der Waals surface area (Å²) < 4.78 is 28.9. The Morgan fingerprint density at radius 3 is 1.38 bits per heavy atom. The van der Waals surface area contributed by atoms with Gasteiger partial charge in [0.05, 0.1) is 45.7 Å². The van der Waals surface area contributed by atoms with Gasteiger partial charge in [-0.1, -0.05) is 30.3 Å². The molecule has 0 N–H and O–H groups in total. The normalized spacial score (nSPS) is 15.3. The summed E-state index contributed by atoms with van der Waals surface area (Å²) in [6, 6.07) is 24.7. The first-order valence-corrected chi connectivity index (χ1v) is 13.6. The number of ether oxygens (including phenoxy) is 5. The maximum Gasteiger partial charge on any atom is 0.161 e. The van der Waals surface area contributed by atoms with E-state index in [1.54, 1.807) is 0 Å². The summed E-state index contributed by atoms with van der Waals surface area (Å²) in [6.07, 6.45) is 0. The van der Waals surface area contributed by atoms with Gasteiger partial charge in [0, 0.05) is 39.6 Å². The summed E-state index contributed by atoms with van der Waals surface area (Å²) in [6.45, 7) is 3.54. The van der Waals surface area contributed by atoms with Crippen LogP contribution in [0.3, 0.4) is 0 Å². The average Bonchev–Trinajstić information content (AvgIpc) is 2.98. The molecular formula is C32H39N3O5. The monoisotopic (exact) mass is 545 g/mol. The Balaban J connectivity index is 1.78. The van der Waals surface area contributed by atoms with Gasteiger partial charge in [-0.15, -0.1) is 0 Å². The second kappa shape index (κ2) is 14.0. The summed E-state index contributed by atoms with van der Waals surface area (Å²) in [4.78, 5) is 4.08. The minimum atomic E-state index is -1.08. The van der Waals surface area contributed by atoms with Crippen molar-refractivity contribution in [1.82, 2.24) is 0 Å². The predicted molar refractivity (Wildman–Crippen MR) is 157 cm³/mol. The van der Waals surface area contributed by atoms with Gasteiger partial charge in [-0.25, -0.2) is 0 Å². The Kier molecular flexibility index (Phi) is 10.3. The first-order chi connectivity index (χ1) is 19.5. The summed E-state index contributed by atoms with van der Waals surface area (Å²) >= 11 is 0. The van der Waals surface area contributed by atoms with Crippen molar-refractivity contribution in [3.8, 4) is 17.6 Å². The molecule has 1 aliphatic rings. The Labute approximate surface area is 237 Å². The number of hydrogen-bond acceptors (Lipinski definition) is 8. The van der Waals surface area contributed by atoms with Crippen LogP contribution in [-0.4, -0.2) is 81.0 Å². The van der Waals surface area contributed by atoms with Crippen molar-refractivity contribution < 1.29 is 23.7 Å². The van der Waals surface area contributed by atoms with E-state index in [1.807, 2.05) is 105 Å². The lowest BCUT2D eigenvalue weighted by Gasteiger charge is -2.30. The summed E-state index contributed by atoms with van der Waals surface area (Å²) in [5, 5.41) is 10.9. The molecule has 0 aliphatic carbocycles. The fraction of sp³-hybridized carbons (Fsp3) is 0.406. The van der Waals surface area contributed by atoms with Gasteiger partial charge < -0.3 is 33.5 Å². The Bertz CT molecular complexity index is 1200. The van der Waals surface area contributed by atoms with E-state index in [4.69, 9.17) is 23.7 Å². The van der Waals surface area contributed by atoms with E-state index in [0.717, 1.165) is 28.1 Å². The van der Waals surface area contributed by atoms with Gasteiger partial charge in [-0.05, 0) is 53.1 Å². The van der Waals surface area contributed by atoms with Crippen molar-refractivity contribution in [1.29, 1.82) is 5.26 Å². The van der Waals surface area contributed by atoms with Gasteiger partial charge in [0.25, 0.3) is 0 Å². The third-order valence-corrected chi connectivity index (χ3v) is 6.89. The second-order valence-corrected chi connectivity index (χ2v) is 9.94. The molecule has 0 saturated carbocycles. The lowest BCUT2D eigenvalue weighted by atomic mass is 9.70. The highest BCUT2D eigenvalue weighted by molar-refractivity contribution is 5.62. The Morgan fingerprint density at radius 2 is 0.950 bits per heavy atom. The molecule has 3 aromatic carbocycles. The number of rotatable bonds is 5. The molecule has 0 bridgehead atoms. The van der Waals surface area contributed by atoms with Crippen molar-refractivity contribution >= 4 is 11.4 Å². The first-order valence-electron chi connectivity index (χ1n) is 13.6. The second-order valence-electron chi connectivity index (χ2n) is 9.94. The first kappa shape index (κ1) is 29.2. The van der Waals surface area contributed by atoms with Gasteiger partial charge in [0.15, 0.2) is 11.5 Å². The largest absolute Gasteiger partial charge is 0.487 e. The molecule has 0 spiro atoms. The summed E-state index contributed by atoms with van der Waals surface area (Å²) in [5.41, 5.74) is 3.56. The molecule has 1 aliphatic heterocycles. The quantitative estimate of drug-likeness (QED) is 0.434. The zero-order valence-corrected chi connectivity index (χ0v) is 23.9.